The van der Waals surface area contributed by atoms with Crippen LogP contribution >= 0.6 is 0 Å². The first-order chi connectivity index (χ1) is 16.7. The van der Waals surface area contributed by atoms with Crippen LogP contribution in [0.5, 0.6) is 0 Å². The molecule has 194 valence electrons. The first-order valence-electron chi connectivity index (χ1n) is 11.5. The molecule has 1 aliphatic rings. The first kappa shape index (κ1) is 27.7. The zero-order valence-corrected chi connectivity index (χ0v) is 19.3. The summed E-state index contributed by atoms with van der Waals surface area (Å²) >= 11 is 0. The van der Waals surface area contributed by atoms with Crippen molar-refractivity contribution in [2.75, 3.05) is 13.1 Å². The number of rotatable bonds is 15. The lowest BCUT2D eigenvalue weighted by atomic mass is 10.1. The lowest BCUT2D eigenvalue weighted by Crippen LogP contribution is -2.58. The molecule has 3 amide bonds. The highest BCUT2D eigenvalue weighted by atomic mass is 16.4. The summed E-state index contributed by atoms with van der Waals surface area (Å²) in [4.78, 5) is 68.0. The fraction of sp³-hybridized carbons (Fsp3) is 0.619. The summed E-state index contributed by atoms with van der Waals surface area (Å²) in [6.45, 7) is 1.03. The van der Waals surface area contributed by atoms with E-state index in [1.165, 1.54) is 12.5 Å². The Balaban J connectivity index is 2.12. The molecule has 0 radical (unpaired) electrons. The number of carbonyl (C=O) groups is 5. The molecule has 0 aromatic carbocycles. The molecule has 9 N–H and O–H groups in total. The molecule has 1 aromatic rings. The second-order valence-corrected chi connectivity index (χ2v) is 8.33. The van der Waals surface area contributed by atoms with Crippen molar-refractivity contribution >= 4 is 29.7 Å². The summed E-state index contributed by atoms with van der Waals surface area (Å²) in [5, 5.41) is 28.9. The highest BCUT2D eigenvalue weighted by Gasteiger charge is 2.32. The molecule has 0 bridgehead atoms. The predicted molar refractivity (Wildman–Crippen MR) is 122 cm³/mol. The van der Waals surface area contributed by atoms with Crippen molar-refractivity contribution in [1.82, 2.24) is 31.2 Å². The van der Waals surface area contributed by atoms with E-state index in [0.29, 0.717) is 38.0 Å². The SMILES string of the molecule is NCCCC[C@H](NC(=O)[C@H](CC(=O)O)NC(=O)[C@H](Cc1cnc[nH]1)NC(=O)[C@@H]1CCCN1)C(=O)O. The van der Waals surface area contributed by atoms with Gasteiger partial charge in [0.25, 0.3) is 0 Å². The molecular weight excluding hydrogens is 462 g/mol. The molecule has 1 saturated heterocycles. The molecule has 1 aliphatic heterocycles. The number of hydrogen-bond donors (Lipinski definition) is 8. The Kier molecular flexibility index (Phi) is 11.1. The number of nitrogens with two attached hydrogens (primary N) is 1. The van der Waals surface area contributed by atoms with Crippen LogP contribution in [0.3, 0.4) is 0 Å². The second kappa shape index (κ2) is 14.0. The maximum Gasteiger partial charge on any atom is 0.326 e. The van der Waals surface area contributed by atoms with Gasteiger partial charge in [0.1, 0.15) is 18.1 Å². The Morgan fingerprint density at radius 2 is 1.77 bits per heavy atom. The number of carboxylic acid groups (broad SMARTS) is 2. The molecule has 0 saturated carbocycles. The van der Waals surface area contributed by atoms with Crippen LogP contribution in [0, 0.1) is 0 Å². The summed E-state index contributed by atoms with van der Waals surface area (Å²) in [5.41, 5.74) is 5.95. The lowest BCUT2D eigenvalue weighted by molar-refractivity contribution is -0.143. The fourth-order valence-electron chi connectivity index (χ4n) is 3.68. The normalized spacial score (nSPS) is 17.7. The molecule has 1 aromatic heterocycles. The van der Waals surface area contributed by atoms with Gasteiger partial charge in [0.15, 0.2) is 0 Å². The Bertz CT molecular complexity index is 871. The number of aromatic amines is 1. The van der Waals surface area contributed by atoms with Crippen molar-refractivity contribution in [3.05, 3.63) is 18.2 Å². The average Bonchev–Trinajstić information content (AvgIpc) is 3.51. The van der Waals surface area contributed by atoms with Crippen LogP contribution in [0.4, 0.5) is 0 Å². The van der Waals surface area contributed by atoms with Gasteiger partial charge in [-0.25, -0.2) is 9.78 Å². The Morgan fingerprint density at radius 1 is 1.06 bits per heavy atom. The van der Waals surface area contributed by atoms with Gasteiger partial charge in [0.2, 0.25) is 17.7 Å². The van der Waals surface area contributed by atoms with Gasteiger partial charge >= 0.3 is 11.9 Å². The number of nitrogens with one attached hydrogen (secondary N) is 5. The van der Waals surface area contributed by atoms with Gasteiger partial charge in [-0.3, -0.25) is 19.2 Å². The van der Waals surface area contributed by atoms with Gasteiger partial charge in [0, 0.05) is 18.3 Å². The van der Waals surface area contributed by atoms with Crippen LogP contribution in [0.15, 0.2) is 12.5 Å². The summed E-state index contributed by atoms with van der Waals surface area (Å²) < 4.78 is 0. The van der Waals surface area contributed by atoms with Gasteiger partial charge in [-0.05, 0) is 45.2 Å². The van der Waals surface area contributed by atoms with Crippen LogP contribution in [0.2, 0.25) is 0 Å². The summed E-state index contributed by atoms with van der Waals surface area (Å²) in [7, 11) is 0. The van der Waals surface area contributed by atoms with E-state index >= 15 is 0 Å². The number of H-pyrrole nitrogens is 1. The highest BCUT2D eigenvalue weighted by molar-refractivity contribution is 5.95. The van der Waals surface area contributed by atoms with Crippen LogP contribution < -0.4 is 27.0 Å². The molecule has 2 heterocycles. The zero-order chi connectivity index (χ0) is 25.8. The van der Waals surface area contributed by atoms with E-state index in [0.717, 1.165) is 6.42 Å². The number of carbonyl (C=O) groups excluding carboxylic acids is 3. The molecular formula is C21H33N7O7. The minimum Gasteiger partial charge on any atom is -0.481 e. The third kappa shape index (κ3) is 9.33. The molecule has 2 rings (SSSR count). The van der Waals surface area contributed by atoms with Gasteiger partial charge in [-0.15, -0.1) is 0 Å². The number of unbranched alkanes of at least 4 members (excludes halogenated alkanes) is 1. The second-order valence-electron chi connectivity index (χ2n) is 8.33. The van der Waals surface area contributed by atoms with Crippen LogP contribution in [-0.4, -0.2) is 87.1 Å². The quantitative estimate of drug-likeness (QED) is 0.123. The Morgan fingerprint density at radius 3 is 2.34 bits per heavy atom. The molecule has 14 heteroatoms. The van der Waals surface area contributed by atoms with Crippen molar-refractivity contribution in [2.45, 2.75) is 69.1 Å². The summed E-state index contributed by atoms with van der Waals surface area (Å²) in [6.07, 6.45) is 4.63. The minimum absolute atomic E-state index is 0.0164. The van der Waals surface area contributed by atoms with Crippen molar-refractivity contribution in [1.29, 1.82) is 0 Å². The standard InChI is InChI=1S/C21H33N7O7/c22-6-2-1-4-14(21(34)35)26-20(33)16(9-17(29)30)28-19(32)15(8-12-10-23-11-25-12)27-18(31)13-5-3-7-24-13/h10-11,13-16,24H,1-9,22H2,(H,23,25)(H,26,33)(H,27,31)(H,28,32)(H,29,30)(H,34,35)/t13-,14-,15-,16-/m0/s1. The van der Waals surface area contributed by atoms with Crippen LogP contribution in [0.1, 0.15) is 44.2 Å². The molecule has 35 heavy (non-hydrogen) atoms. The van der Waals surface area contributed by atoms with E-state index in [4.69, 9.17) is 5.73 Å². The molecule has 1 fully saturated rings. The third-order valence-corrected chi connectivity index (χ3v) is 5.56. The average molecular weight is 496 g/mol. The van der Waals surface area contributed by atoms with Gasteiger partial charge in [-0.1, -0.05) is 0 Å². The number of aromatic nitrogens is 2. The molecule has 14 nitrogen and oxygen atoms in total. The first-order valence-corrected chi connectivity index (χ1v) is 11.5. The van der Waals surface area contributed by atoms with E-state index < -0.39 is 60.2 Å². The number of aliphatic carboxylic acids is 2. The Labute approximate surface area is 201 Å². The van der Waals surface area contributed by atoms with Gasteiger partial charge in [0.05, 0.1) is 18.8 Å². The topological polar surface area (TPSA) is 229 Å². The van der Waals surface area contributed by atoms with E-state index in [9.17, 15) is 34.2 Å². The van der Waals surface area contributed by atoms with Crippen LogP contribution in [0.25, 0.3) is 0 Å². The largest absolute Gasteiger partial charge is 0.481 e. The Hall–Kier alpha value is -3.52. The van der Waals surface area contributed by atoms with Crippen LogP contribution in [-0.2, 0) is 30.4 Å². The lowest BCUT2D eigenvalue weighted by Gasteiger charge is -2.24. The van der Waals surface area contributed by atoms with E-state index in [1.807, 2.05) is 0 Å². The van der Waals surface area contributed by atoms with E-state index in [1.54, 1.807) is 0 Å². The number of nitrogens with zero attached hydrogens (tertiary/aromatic N) is 1. The molecule has 0 aliphatic carbocycles. The smallest absolute Gasteiger partial charge is 0.326 e. The molecule has 0 spiro atoms. The van der Waals surface area contributed by atoms with Crippen molar-refractivity contribution in [3.63, 3.8) is 0 Å². The number of hydrogen-bond acceptors (Lipinski definition) is 8. The zero-order valence-electron chi connectivity index (χ0n) is 19.3. The maximum absolute atomic E-state index is 13.1. The maximum atomic E-state index is 13.1. The molecule has 0 unspecified atom stereocenters. The van der Waals surface area contributed by atoms with E-state index in [-0.39, 0.29) is 12.8 Å². The summed E-state index contributed by atoms with van der Waals surface area (Å²) in [6, 6.07) is -4.41. The van der Waals surface area contributed by atoms with Crippen molar-refractivity contribution < 1.29 is 34.2 Å². The fourth-order valence-corrected chi connectivity index (χ4v) is 3.68. The molecule has 4 atom stereocenters. The predicted octanol–water partition coefficient (Wildman–Crippen LogP) is -2.15. The van der Waals surface area contributed by atoms with Crippen molar-refractivity contribution in [2.24, 2.45) is 5.73 Å². The van der Waals surface area contributed by atoms with Gasteiger partial charge < -0.3 is 42.2 Å². The number of amides is 3. The number of carboxylic acids is 2. The third-order valence-electron chi connectivity index (χ3n) is 5.56. The minimum atomic E-state index is -1.55. The highest BCUT2D eigenvalue weighted by Crippen LogP contribution is 2.08. The monoisotopic (exact) mass is 495 g/mol. The van der Waals surface area contributed by atoms with Gasteiger partial charge in [-0.2, -0.15) is 0 Å². The van der Waals surface area contributed by atoms with E-state index in [2.05, 4.69) is 31.2 Å². The summed E-state index contributed by atoms with van der Waals surface area (Å²) in [5.74, 6) is -4.80. The van der Waals surface area contributed by atoms with Crippen molar-refractivity contribution in [3.8, 4) is 0 Å². The number of imidazole rings is 1.